The first-order chi connectivity index (χ1) is 12.8. The lowest BCUT2D eigenvalue weighted by molar-refractivity contribution is -0.123. The van der Waals surface area contributed by atoms with Gasteiger partial charge in [0.2, 0.25) is 5.91 Å². The molecule has 0 spiro atoms. The third-order valence-electron chi connectivity index (χ3n) is 6.75. The van der Waals surface area contributed by atoms with E-state index < -0.39 is 5.56 Å². The molecule has 0 saturated heterocycles. The first kappa shape index (κ1) is 17.2. The predicted molar refractivity (Wildman–Crippen MR) is 107 cm³/mol. The van der Waals surface area contributed by atoms with Crippen LogP contribution in [0.4, 0.5) is 5.69 Å². The van der Waals surface area contributed by atoms with Crippen molar-refractivity contribution in [1.29, 1.82) is 0 Å². The second kappa shape index (κ2) is 5.80. The fourth-order valence-corrected chi connectivity index (χ4v) is 7.92. The minimum absolute atomic E-state index is 0.0616. The molecular weight excluding hydrogens is 410 g/mol. The summed E-state index contributed by atoms with van der Waals surface area (Å²) < 4.78 is 0.210. The van der Waals surface area contributed by atoms with Crippen LogP contribution >= 0.6 is 15.9 Å². The zero-order valence-electron chi connectivity index (χ0n) is 14.9. The van der Waals surface area contributed by atoms with Crippen LogP contribution in [0.1, 0.15) is 44.9 Å². The van der Waals surface area contributed by atoms with E-state index in [0.717, 1.165) is 31.1 Å². The first-order valence-electron chi connectivity index (χ1n) is 9.57. The lowest BCUT2D eigenvalue weighted by Crippen LogP contribution is -2.53. The summed E-state index contributed by atoms with van der Waals surface area (Å²) in [6, 6.07) is 4.96. The van der Waals surface area contributed by atoms with Gasteiger partial charge in [-0.1, -0.05) is 22.0 Å². The standard InChI is InChI=1S/C20H22BrN3O3/c21-20-7-11-4-12(8-20)6-19(5-11,10-20)9-15(25)22-14-3-1-2-13-16(14)18(27)24-23-17(13)26/h1-3,11-12H,4-10H2,(H,22,25)(H,23,26)(H,24,27). The van der Waals surface area contributed by atoms with E-state index in [1.807, 2.05) is 0 Å². The van der Waals surface area contributed by atoms with Crippen molar-refractivity contribution in [2.75, 3.05) is 5.32 Å². The van der Waals surface area contributed by atoms with Crippen LogP contribution < -0.4 is 16.4 Å². The van der Waals surface area contributed by atoms with Gasteiger partial charge in [0.1, 0.15) is 0 Å². The highest BCUT2D eigenvalue weighted by atomic mass is 79.9. The predicted octanol–water partition coefficient (Wildman–Crippen LogP) is 3.28. The second-order valence-electron chi connectivity index (χ2n) is 8.97. The number of halogens is 1. The molecule has 1 amide bonds. The molecule has 1 aromatic carbocycles. The maximum atomic E-state index is 12.9. The molecule has 2 aromatic rings. The summed E-state index contributed by atoms with van der Waals surface area (Å²) in [5, 5.41) is 8.09. The van der Waals surface area contributed by atoms with Gasteiger partial charge >= 0.3 is 0 Å². The summed E-state index contributed by atoms with van der Waals surface area (Å²) in [5.41, 5.74) is -0.313. The third kappa shape index (κ3) is 2.87. The van der Waals surface area contributed by atoms with Gasteiger partial charge in [-0.15, -0.1) is 0 Å². The molecule has 4 fully saturated rings. The molecule has 0 radical (unpaired) electrons. The molecule has 4 aliphatic carbocycles. The van der Waals surface area contributed by atoms with E-state index in [1.54, 1.807) is 18.2 Å². The first-order valence-corrected chi connectivity index (χ1v) is 10.4. The van der Waals surface area contributed by atoms with Gasteiger partial charge in [0.05, 0.1) is 16.5 Å². The van der Waals surface area contributed by atoms with Crippen molar-refractivity contribution < 1.29 is 4.79 Å². The number of amides is 1. The number of carbonyl (C=O) groups excluding carboxylic acids is 1. The zero-order chi connectivity index (χ0) is 18.8. The Kier molecular flexibility index (Phi) is 3.70. The third-order valence-corrected chi connectivity index (χ3v) is 7.67. The van der Waals surface area contributed by atoms with Crippen molar-refractivity contribution in [3.8, 4) is 0 Å². The monoisotopic (exact) mass is 431 g/mol. The summed E-state index contributed by atoms with van der Waals surface area (Å²) in [7, 11) is 0. The van der Waals surface area contributed by atoms with Crippen LogP contribution in [-0.2, 0) is 4.79 Å². The molecule has 27 heavy (non-hydrogen) atoms. The van der Waals surface area contributed by atoms with E-state index in [4.69, 9.17) is 0 Å². The Balaban J connectivity index is 1.42. The fourth-order valence-electron chi connectivity index (χ4n) is 6.41. The Hall–Kier alpha value is -1.89. The van der Waals surface area contributed by atoms with Gasteiger partial charge in [-0.05, 0) is 67.9 Å². The van der Waals surface area contributed by atoms with E-state index in [1.165, 1.54) is 19.3 Å². The number of rotatable bonds is 3. The van der Waals surface area contributed by atoms with Gasteiger partial charge in [0, 0.05) is 10.7 Å². The Bertz CT molecular complexity index is 1040. The van der Waals surface area contributed by atoms with Gasteiger partial charge in [-0.2, -0.15) is 0 Å². The quantitative estimate of drug-likeness (QED) is 0.650. The van der Waals surface area contributed by atoms with Crippen molar-refractivity contribution in [3.05, 3.63) is 38.9 Å². The minimum atomic E-state index is -0.408. The van der Waals surface area contributed by atoms with Crippen molar-refractivity contribution in [1.82, 2.24) is 10.2 Å². The van der Waals surface area contributed by atoms with E-state index in [0.29, 0.717) is 12.1 Å². The number of aromatic amines is 2. The Morgan fingerprint density at radius 2 is 1.81 bits per heavy atom. The van der Waals surface area contributed by atoms with E-state index in [9.17, 15) is 14.4 Å². The normalized spacial score (nSPS) is 34.1. The van der Waals surface area contributed by atoms with Crippen molar-refractivity contribution in [3.63, 3.8) is 0 Å². The number of aromatic nitrogens is 2. The molecule has 2 unspecified atom stereocenters. The number of carbonyl (C=O) groups is 1. The number of nitrogens with one attached hydrogen (secondary N) is 3. The second-order valence-corrected chi connectivity index (χ2v) is 10.7. The Labute approximate surface area is 164 Å². The molecule has 4 bridgehead atoms. The Morgan fingerprint density at radius 1 is 1.11 bits per heavy atom. The maximum Gasteiger partial charge on any atom is 0.272 e. The number of hydrogen-bond acceptors (Lipinski definition) is 3. The molecule has 1 heterocycles. The van der Waals surface area contributed by atoms with E-state index in [2.05, 4.69) is 31.4 Å². The molecule has 4 aliphatic rings. The molecule has 4 saturated carbocycles. The molecule has 7 heteroatoms. The summed E-state index contributed by atoms with van der Waals surface area (Å²) in [6.45, 7) is 0. The van der Waals surface area contributed by atoms with Crippen molar-refractivity contribution in [2.24, 2.45) is 17.3 Å². The summed E-state index contributed by atoms with van der Waals surface area (Å²) in [4.78, 5) is 37.1. The van der Waals surface area contributed by atoms with Crippen LogP contribution in [0.15, 0.2) is 27.8 Å². The smallest absolute Gasteiger partial charge is 0.272 e. The average molecular weight is 432 g/mol. The molecule has 2 atom stereocenters. The molecule has 3 N–H and O–H groups in total. The highest BCUT2D eigenvalue weighted by molar-refractivity contribution is 9.10. The number of hydrogen-bond donors (Lipinski definition) is 3. The van der Waals surface area contributed by atoms with E-state index >= 15 is 0 Å². The van der Waals surface area contributed by atoms with Gasteiger partial charge in [-0.25, -0.2) is 0 Å². The lowest BCUT2D eigenvalue weighted by atomic mass is 9.48. The van der Waals surface area contributed by atoms with Crippen LogP contribution in [0.3, 0.4) is 0 Å². The molecule has 1 aromatic heterocycles. The number of alkyl halides is 1. The molecule has 142 valence electrons. The summed E-state index contributed by atoms with van der Waals surface area (Å²) in [6.07, 6.45) is 7.54. The van der Waals surface area contributed by atoms with Crippen molar-refractivity contribution in [2.45, 2.75) is 49.3 Å². The SMILES string of the molecule is O=C(CC12CC3CC(CC(Br)(C3)C1)C2)Nc1cccc2c(=O)[nH][nH]c(=O)c12. The summed E-state index contributed by atoms with van der Waals surface area (Å²) >= 11 is 3.98. The molecule has 0 aliphatic heterocycles. The zero-order valence-corrected chi connectivity index (χ0v) is 16.5. The van der Waals surface area contributed by atoms with Crippen LogP contribution in [0, 0.1) is 17.3 Å². The molecule has 6 nitrogen and oxygen atoms in total. The minimum Gasteiger partial charge on any atom is -0.325 e. The van der Waals surface area contributed by atoms with E-state index in [-0.39, 0.29) is 32.0 Å². The van der Waals surface area contributed by atoms with Gasteiger partial charge < -0.3 is 5.32 Å². The number of anilines is 1. The highest BCUT2D eigenvalue weighted by Crippen LogP contribution is 2.65. The fraction of sp³-hybridized carbons (Fsp3) is 0.550. The van der Waals surface area contributed by atoms with Gasteiger partial charge in [0.15, 0.2) is 0 Å². The number of benzene rings is 1. The van der Waals surface area contributed by atoms with Crippen LogP contribution in [0.2, 0.25) is 0 Å². The highest BCUT2D eigenvalue weighted by Gasteiger charge is 2.57. The summed E-state index contributed by atoms with van der Waals surface area (Å²) in [5.74, 6) is 1.37. The largest absolute Gasteiger partial charge is 0.325 e. The maximum absolute atomic E-state index is 12.9. The van der Waals surface area contributed by atoms with Crippen LogP contribution in [0.25, 0.3) is 10.8 Å². The number of fused-ring (bicyclic) bond motifs is 1. The van der Waals surface area contributed by atoms with Crippen LogP contribution in [0.5, 0.6) is 0 Å². The van der Waals surface area contributed by atoms with Crippen LogP contribution in [-0.4, -0.2) is 20.4 Å². The lowest BCUT2D eigenvalue weighted by Gasteiger charge is -2.60. The number of H-pyrrole nitrogens is 2. The average Bonchev–Trinajstić information content (AvgIpc) is 2.55. The van der Waals surface area contributed by atoms with Crippen molar-refractivity contribution >= 4 is 38.3 Å². The molecule has 6 rings (SSSR count). The Morgan fingerprint density at radius 3 is 2.52 bits per heavy atom. The topological polar surface area (TPSA) is 94.8 Å². The van der Waals surface area contributed by atoms with Gasteiger partial charge in [0.25, 0.3) is 11.1 Å². The van der Waals surface area contributed by atoms with Gasteiger partial charge in [-0.3, -0.25) is 24.6 Å². The molecular formula is C20H22BrN3O3.